The van der Waals surface area contributed by atoms with E-state index in [0.717, 1.165) is 24.5 Å². The van der Waals surface area contributed by atoms with Gasteiger partial charge < -0.3 is 136 Å². The zero-order valence-electron chi connectivity index (χ0n) is 76.1. The Hall–Kier alpha value is -13.8. The van der Waals surface area contributed by atoms with E-state index in [9.17, 15) is 68.4 Å². The van der Waals surface area contributed by atoms with E-state index in [1.54, 1.807) is 60.9 Å². The van der Waals surface area contributed by atoms with Crippen molar-refractivity contribution in [3.05, 3.63) is 120 Å². The minimum absolute atomic E-state index is 0.000553. The number of benzene rings is 3. The van der Waals surface area contributed by atoms with E-state index in [4.69, 9.17) is 22.6 Å². The minimum Gasteiger partial charge on any atom is -0.508 e. The number of primary amides is 2. The number of para-hydroxylation sites is 2. The molecule has 17 amide bonds. The Balaban J connectivity index is 1.09. The molecule has 6 heterocycles. The topological polar surface area (TPSA) is 682 Å². The lowest BCUT2D eigenvalue weighted by Gasteiger charge is -2.36. The third-order valence-electron chi connectivity index (χ3n) is 24.2. The van der Waals surface area contributed by atoms with Gasteiger partial charge in [0.25, 0.3) is 0 Å². The number of nitrogens with two attached hydrogens (primary N) is 3. The average Bonchev–Trinajstić information content (AvgIpc) is 1.79. The summed E-state index contributed by atoms with van der Waals surface area (Å²) in [5.41, 5.74) is 19.8. The van der Waals surface area contributed by atoms with Crippen molar-refractivity contribution in [2.75, 3.05) is 72.1 Å². The second-order valence-corrected chi connectivity index (χ2v) is 34.8. The number of aliphatic hydroxyl groups excluding tert-OH is 3. The first-order valence-electron chi connectivity index (χ1n) is 44.8. The highest BCUT2D eigenvalue weighted by Gasteiger charge is 2.46. The Morgan fingerprint density at radius 3 is 1.57 bits per heavy atom. The van der Waals surface area contributed by atoms with E-state index in [2.05, 4.69) is 78.4 Å². The van der Waals surface area contributed by atoms with E-state index in [-0.39, 0.29) is 108 Å². The van der Waals surface area contributed by atoms with Crippen molar-refractivity contribution in [1.82, 2.24) is 103 Å². The Morgan fingerprint density at radius 1 is 0.526 bits per heavy atom. The smallest absolute Gasteiger partial charge is 0.248 e. The highest BCUT2D eigenvalue weighted by atomic mass is 32.2. The fourth-order valence-corrected chi connectivity index (χ4v) is 17.3. The van der Waals surface area contributed by atoms with Gasteiger partial charge in [0.15, 0.2) is 5.96 Å². The number of aromatic nitrogens is 4. The molecule has 15 atom stereocenters. The van der Waals surface area contributed by atoms with Crippen LogP contribution in [-0.4, -0.2) is 334 Å². The maximum absolute atomic E-state index is 15.7. The van der Waals surface area contributed by atoms with Crippen molar-refractivity contribution in [1.29, 1.82) is 5.41 Å². The van der Waals surface area contributed by atoms with Crippen LogP contribution in [0.1, 0.15) is 127 Å². The number of fused-ring (bicyclic) bond motifs is 4. The van der Waals surface area contributed by atoms with Crippen LogP contribution in [0.5, 0.6) is 5.75 Å². The lowest BCUT2D eigenvalue weighted by Crippen LogP contribution is -2.62. The van der Waals surface area contributed by atoms with Crippen LogP contribution >= 0.6 is 11.8 Å². The molecule has 0 bridgehead atoms. The van der Waals surface area contributed by atoms with Gasteiger partial charge in [-0.2, -0.15) is 0 Å². The van der Waals surface area contributed by atoms with Crippen LogP contribution in [0.4, 0.5) is 0 Å². The summed E-state index contributed by atoms with van der Waals surface area (Å²) in [6.45, 7) is 1.41. The molecule has 3 fully saturated rings. The maximum atomic E-state index is 15.7. The Morgan fingerprint density at radius 2 is 1.02 bits per heavy atom. The van der Waals surface area contributed by atoms with E-state index < -0.39 is 235 Å². The summed E-state index contributed by atoms with van der Waals surface area (Å²) in [4.78, 5) is 268. The number of amides is 17. The van der Waals surface area contributed by atoms with Gasteiger partial charge >= 0.3 is 0 Å². The van der Waals surface area contributed by atoms with Crippen molar-refractivity contribution in [2.24, 2.45) is 17.2 Å². The van der Waals surface area contributed by atoms with Crippen LogP contribution < -0.4 is 75.7 Å². The molecule has 135 heavy (non-hydrogen) atoms. The molecule has 732 valence electrons. The molecule has 3 aliphatic heterocycles. The van der Waals surface area contributed by atoms with E-state index in [1.165, 1.54) is 64.9 Å². The van der Waals surface area contributed by atoms with Gasteiger partial charge in [0.2, 0.25) is 100 Å². The fourth-order valence-electron chi connectivity index (χ4n) is 16.5. The molecule has 0 radical (unpaired) electrons. The number of hydrogen-bond acceptors (Lipinski definition) is 24. The number of nitrogens with one attached hydrogen (secondary N) is 15. The average molecular weight is 1900 g/mol. The molecule has 6 aromatic rings. The molecule has 46 heteroatoms. The minimum atomic E-state index is -1.89. The highest BCUT2D eigenvalue weighted by molar-refractivity contribution is 8.00. The molecule has 9 rings (SSSR count). The zero-order valence-corrected chi connectivity index (χ0v) is 76.9. The third kappa shape index (κ3) is 28.6. The van der Waals surface area contributed by atoms with Crippen molar-refractivity contribution < 1.29 is 102 Å². The molecule has 0 saturated carbocycles. The number of nitrogens with zero attached hydrogens (tertiary/aromatic N) is 6. The number of guanidine groups is 1. The monoisotopic (exact) mass is 1900 g/mol. The molecule has 1 unspecified atom stereocenters. The molecule has 3 aromatic heterocycles. The number of carbonyl (C=O) groups excluding carboxylic acids is 17. The normalized spacial score (nSPS) is 24.4. The van der Waals surface area contributed by atoms with Crippen LogP contribution in [0.25, 0.3) is 21.8 Å². The van der Waals surface area contributed by atoms with Crippen molar-refractivity contribution >= 4 is 140 Å². The summed E-state index contributed by atoms with van der Waals surface area (Å²) in [5, 5.41) is 80.2. The Labute approximate surface area is 782 Å². The van der Waals surface area contributed by atoms with Gasteiger partial charge in [0.05, 0.1) is 38.3 Å². The first-order valence-corrected chi connectivity index (χ1v) is 46.0. The molecular weight excluding hydrogens is 1770 g/mol. The molecular formula is C89H124N24O21S. The molecule has 25 N–H and O–H groups in total. The quantitative estimate of drug-likeness (QED) is 0.0138. The highest BCUT2D eigenvalue weighted by Crippen LogP contribution is 2.27. The predicted octanol–water partition coefficient (Wildman–Crippen LogP) is -4.59. The van der Waals surface area contributed by atoms with Crippen LogP contribution in [-0.2, 0) is 107 Å². The lowest BCUT2D eigenvalue weighted by atomic mass is 10.00. The van der Waals surface area contributed by atoms with Crippen molar-refractivity contribution in [3.63, 3.8) is 0 Å². The maximum Gasteiger partial charge on any atom is 0.248 e. The number of imidazole rings is 1. The van der Waals surface area contributed by atoms with Gasteiger partial charge in [0.1, 0.15) is 96.4 Å². The van der Waals surface area contributed by atoms with Gasteiger partial charge in [-0.05, 0) is 99.2 Å². The molecule has 3 aliphatic rings. The first-order chi connectivity index (χ1) is 64.5. The summed E-state index contributed by atoms with van der Waals surface area (Å²) in [7, 11) is 3.85. The van der Waals surface area contributed by atoms with Crippen molar-refractivity contribution in [3.8, 4) is 5.75 Å². The number of unbranched alkanes of at least 4 members (excludes halogenated alkanes) is 2. The number of aromatic hydroxyl groups is 1. The number of rotatable bonds is 26. The summed E-state index contributed by atoms with van der Waals surface area (Å²) < 4.78 is 0. The summed E-state index contributed by atoms with van der Waals surface area (Å²) in [6, 6.07) is -4.60. The second-order valence-electron chi connectivity index (χ2n) is 33.8. The summed E-state index contributed by atoms with van der Waals surface area (Å²) in [5.74, 6) is -18.6. The van der Waals surface area contributed by atoms with Gasteiger partial charge in [-0.25, -0.2) is 4.98 Å². The van der Waals surface area contributed by atoms with Gasteiger partial charge in [-0.3, -0.25) is 86.9 Å². The van der Waals surface area contributed by atoms with Crippen LogP contribution in [0.15, 0.2) is 97.7 Å². The number of phenolic OH excluding ortho intramolecular Hbond substituents is 1. The summed E-state index contributed by atoms with van der Waals surface area (Å²) >= 11 is 0.704. The Kier molecular flexibility index (Phi) is 39.2. The number of carbonyl (C=O) groups is 17. The summed E-state index contributed by atoms with van der Waals surface area (Å²) in [6.07, 6.45) is 5.30. The van der Waals surface area contributed by atoms with E-state index in [1.807, 2.05) is 13.8 Å². The molecule has 3 saturated heterocycles. The SMILES string of the molecule is CCCC[C@H]1C(=O)N(C)[C@@H](CCCC)C(=O)N[C@@H](CCCNC(=N)N)C(=O)NC(C(=O)N[C@@H](CO)C(N)=O)CSCC(=O)N[C@@H](Cc2ccc(O)cc2)C(=O)N(C)[C@@H](C)C(=O)N[C@@H](CC(N)=O)C(=O)N2CCC[C@H]2C(=O)N[C@@H](Cc2cnc[nH]2)C(=O)N[C@@H](CO)C(=O)N2CCC[C@H]2C(=O)N[C@@H](Cc2c[nH]c3ccccc23)C(=O)N[C@@H](CO)C(=O)N[C@@H](Cc2c[nH]c3ccccc23)C(=O)N1C. The number of aromatic amines is 3. The van der Waals surface area contributed by atoms with Gasteiger partial charge in [0, 0.05) is 118 Å². The van der Waals surface area contributed by atoms with Crippen molar-refractivity contribution in [2.45, 2.75) is 221 Å². The van der Waals surface area contributed by atoms with Crippen LogP contribution in [0.3, 0.4) is 0 Å². The fraction of sp³-hybridized carbons (Fsp3) is 0.517. The number of thioether (sulfide) groups is 1. The molecule has 0 spiro atoms. The number of H-pyrrole nitrogens is 3. The number of aliphatic hydroxyl groups is 3. The number of hydrogen-bond donors (Lipinski definition) is 22. The molecule has 45 nitrogen and oxygen atoms in total. The second kappa shape index (κ2) is 50.4. The molecule has 3 aromatic carbocycles. The Bertz CT molecular complexity index is 5210. The van der Waals surface area contributed by atoms with Crippen LogP contribution in [0.2, 0.25) is 0 Å². The van der Waals surface area contributed by atoms with E-state index in [0.29, 0.717) is 75.9 Å². The van der Waals surface area contributed by atoms with Gasteiger partial charge in [-0.1, -0.05) is 88.1 Å². The predicted molar refractivity (Wildman–Crippen MR) is 492 cm³/mol. The zero-order chi connectivity index (χ0) is 98.4. The first kappa shape index (κ1) is 105. The van der Waals surface area contributed by atoms with E-state index >= 15 is 33.6 Å². The lowest BCUT2D eigenvalue weighted by molar-refractivity contribution is -0.149. The number of likely N-dealkylation sites (N-methyl/N-ethyl adjacent to an activating group) is 3. The van der Waals surface area contributed by atoms with Crippen LogP contribution in [0, 0.1) is 5.41 Å². The standard InChI is InChI=1S/C89H124N24O21S/c1-7-9-23-68-81(127)100-58(22-15-31-95-89(92)93)76(122)108-67(80(126)105-64(42-114)74(91)120)45-135-46-73(119)99-61(34-49-27-29-53(117)30-28-49)84(130)109(4)48(3)75(121)103-63(38-72(90)118)86(132)112-32-16-25-69(112)83(129)102-60(37-52-41-94-47-98-52)78(124)107-66(44-116)87(133)113-33-17-26-70(113)82(128)101-59(35-50-39-96-56-20-13-11-18-54(50)56)77(123)106-65(43-115)79(125)104-62(36-51-40-97-57-21-14-12-19-55(51)57)85(131)111(6)71(24-10-8-2)88(134)110(68)5/h11-14,18-21,27-30,39-41,47-48,58-71,96-97,114-117H,7-10,15-17,22-26,31-38,42-46H2,1-6H3,(H2,90,118)(H2,91,120)(H,94,98)(H,99,119)(H,100,127)(H,101,128)(H,102,129)(H,103,121)(H,104,125)(H,105,126)(H,106,123)(H,107,124)(H,108,122)(H4,92,93,95)/t48-,58-,59-,60-,61-,62-,63-,64-,65-,66-,67?,68-,69-,70-,71-/m0/s1. The number of phenols is 1. The largest absolute Gasteiger partial charge is 0.508 e. The molecule has 0 aliphatic carbocycles. The van der Waals surface area contributed by atoms with Gasteiger partial charge in [-0.15, -0.1) is 11.8 Å². The third-order valence-corrected chi connectivity index (χ3v) is 25.2.